The van der Waals surface area contributed by atoms with Gasteiger partial charge < -0.3 is 19.1 Å². The van der Waals surface area contributed by atoms with Crippen LogP contribution in [0.5, 0.6) is 0 Å². The summed E-state index contributed by atoms with van der Waals surface area (Å²) in [6.45, 7) is 0. The molecule has 0 aliphatic heterocycles. The van der Waals surface area contributed by atoms with Crippen molar-refractivity contribution in [2.75, 3.05) is 14.2 Å². The van der Waals surface area contributed by atoms with Gasteiger partial charge in [-0.25, -0.2) is 9.97 Å². The minimum Gasteiger partial charge on any atom is -0.423 e. The zero-order valence-corrected chi connectivity index (χ0v) is 9.09. The quantitative estimate of drug-likeness (QED) is 0.469. The Morgan fingerprint density at radius 1 is 1.27 bits per heavy atom. The Morgan fingerprint density at radius 2 is 1.73 bits per heavy atom. The first-order valence-corrected chi connectivity index (χ1v) is 5.48. The van der Waals surface area contributed by atoms with Crippen molar-refractivity contribution in [2.24, 2.45) is 0 Å². The third-order valence-electron chi connectivity index (χ3n) is 1.68. The van der Waals surface area contributed by atoms with Crippen LogP contribution in [0.15, 0.2) is 12.4 Å². The number of rotatable bonds is 4. The highest BCUT2D eigenvalue weighted by molar-refractivity contribution is 7.61. The Morgan fingerprint density at radius 3 is 2.07 bits per heavy atom. The number of nitrogens with zero attached hydrogens (tertiary/aromatic N) is 2. The summed E-state index contributed by atoms with van der Waals surface area (Å²) in [5.74, 6) is 0. The fourth-order valence-corrected chi connectivity index (χ4v) is 1.72. The lowest BCUT2D eigenvalue weighted by atomic mass is 9.83. The summed E-state index contributed by atoms with van der Waals surface area (Å²) in [5, 5.41) is 17.6. The molecule has 0 unspecified atom stereocenters. The highest BCUT2D eigenvalue weighted by atomic mass is 31.2. The standard InChI is InChI=1S/C6H10BN2O5P/c1-13-15(12,14-2)6-8-3-5(4-9-6)7(10)11/h3-4,10-11H,1-2H3. The molecule has 0 aliphatic rings. The van der Waals surface area contributed by atoms with E-state index in [4.69, 9.17) is 10.0 Å². The van der Waals surface area contributed by atoms with E-state index in [1.165, 1.54) is 14.2 Å². The second kappa shape index (κ2) is 4.83. The molecule has 0 bridgehead atoms. The Kier molecular flexibility index (Phi) is 3.95. The van der Waals surface area contributed by atoms with Crippen molar-refractivity contribution < 1.29 is 23.7 Å². The molecule has 0 saturated carbocycles. The van der Waals surface area contributed by atoms with Crippen LogP contribution in [0.1, 0.15) is 0 Å². The van der Waals surface area contributed by atoms with Gasteiger partial charge in [0.1, 0.15) is 0 Å². The lowest BCUT2D eigenvalue weighted by Gasteiger charge is -2.11. The average molecular weight is 232 g/mol. The minimum absolute atomic E-state index is 0.0949. The summed E-state index contributed by atoms with van der Waals surface area (Å²) < 4.78 is 21.1. The maximum absolute atomic E-state index is 11.7. The topological polar surface area (TPSA) is 102 Å². The lowest BCUT2D eigenvalue weighted by Crippen LogP contribution is -2.33. The van der Waals surface area contributed by atoms with E-state index in [1.54, 1.807) is 0 Å². The molecule has 1 aromatic heterocycles. The van der Waals surface area contributed by atoms with Gasteiger partial charge in [-0.05, 0) is 0 Å². The number of aromatic nitrogens is 2. The van der Waals surface area contributed by atoms with Crippen LogP contribution in [0.25, 0.3) is 0 Å². The van der Waals surface area contributed by atoms with Crippen LogP contribution in [0.2, 0.25) is 0 Å². The van der Waals surface area contributed by atoms with E-state index in [1.807, 2.05) is 0 Å². The molecule has 0 amide bonds. The molecule has 0 aliphatic carbocycles. The molecule has 1 aromatic rings. The Balaban J connectivity index is 3.03. The van der Waals surface area contributed by atoms with Crippen molar-refractivity contribution in [2.45, 2.75) is 0 Å². The maximum atomic E-state index is 11.7. The molecule has 82 valence electrons. The van der Waals surface area contributed by atoms with E-state index < -0.39 is 14.7 Å². The van der Waals surface area contributed by atoms with Gasteiger partial charge in [0.15, 0.2) is 0 Å². The van der Waals surface area contributed by atoms with Gasteiger partial charge in [-0.1, -0.05) is 0 Å². The molecule has 0 saturated heterocycles. The summed E-state index contributed by atoms with van der Waals surface area (Å²) in [7, 11) is -2.71. The monoisotopic (exact) mass is 232 g/mol. The van der Waals surface area contributed by atoms with Crippen molar-refractivity contribution in [1.82, 2.24) is 9.97 Å². The van der Waals surface area contributed by atoms with Crippen molar-refractivity contribution in [1.29, 1.82) is 0 Å². The molecule has 1 rings (SSSR count). The van der Waals surface area contributed by atoms with Gasteiger partial charge in [-0.3, -0.25) is 4.57 Å². The smallest absolute Gasteiger partial charge is 0.423 e. The van der Waals surface area contributed by atoms with Gasteiger partial charge in [0.2, 0.25) is 5.57 Å². The third kappa shape index (κ3) is 2.61. The summed E-state index contributed by atoms with van der Waals surface area (Å²) in [4.78, 5) is 7.34. The van der Waals surface area contributed by atoms with Crippen molar-refractivity contribution in [3.05, 3.63) is 12.4 Å². The molecule has 0 radical (unpaired) electrons. The second-order valence-corrected chi connectivity index (χ2v) is 4.68. The summed E-state index contributed by atoms with van der Waals surface area (Å²) >= 11 is 0. The summed E-state index contributed by atoms with van der Waals surface area (Å²) in [5.41, 5.74) is -0.0330. The summed E-state index contributed by atoms with van der Waals surface area (Å²) in [6.07, 6.45) is 2.27. The van der Waals surface area contributed by atoms with E-state index in [2.05, 4.69) is 19.0 Å². The third-order valence-corrected chi connectivity index (χ3v) is 3.36. The maximum Gasteiger partial charge on any atom is 0.491 e. The predicted molar refractivity (Wildman–Crippen MR) is 53.1 cm³/mol. The number of hydrogen-bond acceptors (Lipinski definition) is 7. The molecular formula is C6H10BN2O5P. The number of hydrogen-bond donors (Lipinski definition) is 2. The SMILES string of the molecule is COP(=O)(OC)c1ncc(B(O)O)cn1. The molecule has 15 heavy (non-hydrogen) atoms. The zero-order chi connectivity index (χ0) is 11.5. The first-order valence-electron chi connectivity index (χ1n) is 3.93. The normalized spacial score (nSPS) is 11.5. The van der Waals surface area contributed by atoms with E-state index in [-0.39, 0.29) is 11.0 Å². The van der Waals surface area contributed by atoms with Gasteiger partial charge in [0.05, 0.1) is 0 Å². The molecule has 0 fully saturated rings. The van der Waals surface area contributed by atoms with Gasteiger partial charge >= 0.3 is 14.7 Å². The van der Waals surface area contributed by atoms with Crippen molar-refractivity contribution in [3.63, 3.8) is 0 Å². The molecule has 0 atom stereocenters. The largest absolute Gasteiger partial charge is 0.491 e. The molecule has 7 nitrogen and oxygen atoms in total. The first kappa shape index (κ1) is 12.3. The van der Waals surface area contributed by atoms with Crippen molar-refractivity contribution in [3.8, 4) is 0 Å². The molecule has 9 heteroatoms. The molecular weight excluding hydrogens is 222 g/mol. The van der Waals surface area contributed by atoms with Crippen LogP contribution in [-0.2, 0) is 13.6 Å². The Bertz CT molecular complexity index is 362. The fourth-order valence-electron chi connectivity index (χ4n) is 0.844. The first-order chi connectivity index (χ1) is 7.03. The Labute approximate surface area is 86.8 Å². The van der Waals surface area contributed by atoms with Crippen molar-refractivity contribution >= 4 is 25.7 Å². The van der Waals surface area contributed by atoms with Gasteiger partial charge in [-0.15, -0.1) is 0 Å². The zero-order valence-electron chi connectivity index (χ0n) is 8.19. The lowest BCUT2D eigenvalue weighted by molar-refractivity contribution is 0.285. The predicted octanol–water partition coefficient (Wildman–Crippen LogP) is -1.73. The average Bonchev–Trinajstić information content (AvgIpc) is 2.28. The second-order valence-electron chi connectivity index (χ2n) is 2.55. The van der Waals surface area contributed by atoms with E-state index in [9.17, 15) is 4.57 Å². The van der Waals surface area contributed by atoms with Gasteiger partial charge in [0.25, 0.3) is 0 Å². The van der Waals surface area contributed by atoms with E-state index >= 15 is 0 Å². The molecule has 1 heterocycles. The van der Waals surface area contributed by atoms with Gasteiger partial charge in [0, 0.05) is 32.1 Å². The fraction of sp³-hybridized carbons (Fsp3) is 0.333. The van der Waals surface area contributed by atoms with E-state index in [0.29, 0.717) is 0 Å². The highest BCUT2D eigenvalue weighted by Gasteiger charge is 2.28. The van der Waals surface area contributed by atoms with E-state index in [0.717, 1.165) is 12.4 Å². The van der Waals surface area contributed by atoms with Gasteiger partial charge in [-0.2, -0.15) is 0 Å². The van der Waals surface area contributed by atoms with Crippen LogP contribution < -0.4 is 11.0 Å². The Hall–Kier alpha value is -0.785. The van der Waals surface area contributed by atoms with Crippen LogP contribution in [0.4, 0.5) is 0 Å². The van der Waals surface area contributed by atoms with Crippen LogP contribution in [0, 0.1) is 0 Å². The van der Waals surface area contributed by atoms with Crippen LogP contribution in [-0.4, -0.2) is 41.4 Å². The molecule has 0 spiro atoms. The van der Waals surface area contributed by atoms with Crippen LogP contribution >= 0.6 is 7.60 Å². The van der Waals surface area contributed by atoms with Crippen LogP contribution in [0.3, 0.4) is 0 Å². The highest BCUT2D eigenvalue weighted by Crippen LogP contribution is 2.43. The minimum atomic E-state index is -3.47. The molecule has 0 aromatic carbocycles. The summed E-state index contributed by atoms with van der Waals surface area (Å²) in [6, 6.07) is 0. The molecule has 2 N–H and O–H groups in total.